The highest BCUT2D eigenvalue weighted by molar-refractivity contribution is 5.77. The lowest BCUT2D eigenvalue weighted by Gasteiger charge is -2.31. The first-order valence-corrected chi connectivity index (χ1v) is 8.97. The molecular formula is C21H23N3O3. The second-order valence-electron chi connectivity index (χ2n) is 7.16. The second kappa shape index (κ2) is 8.19. The van der Waals surface area contributed by atoms with E-state index in [-0.39, 0.29) is 24.0 Å². The van der Waals surface area contributed by atoms with Gasteiger partial charge in [-0.2, -0.15) is 5.26 Å². The molecule has 1 aromatic heterocycles. The van der Waals surface area contributed by atoms with Crippen LogP contribution >= 0.6 is 0 Å². The molecule has 1 N–H and O–H groups in total. The maximum absolute atomic E-state index is 12.0. The molecule has 0 radical (unpaired) electrons. The van der Waals surface area contributed by atoms with E-state index >= 15 is 0 Å². The van der Waals surface area contributed by atoms with Crippen molar-refractivity contribution in [2.45, 2.75) is 38.9 Å². The van der Waals surface area contributed by atoms with Gasteiger partial charge in [0.1, 0.15) is 11.6 Å². The molecule has 3 rings (SSSR count). The minimum absolute atomic E-state index is 0.171. The van der Waals surface area contributed by atoms with Crippen LogP contribution < -0.4 is 10.1 Å². The Kier molecular flexibility index (Phi) is 5.72. The van der Waals surface area contributed by atoms with Crippen molar-refractivity contribution in [1.82, 2.24) is 10.3 Å². The van der Waals surface area contributed by atoms with E-state index in [1.54, 1.807) is 6.07 Å². The van der Waals surface area contributed by atoms with Crippen LogP contribution in [0.1, 0.15) is 36.2 Å². The molecule has 1 amide bonds. The van der Waals surface area contributed by atoms with Crippen molar-refractivity contribution in [2.24, 2.45) is 0 Å². The number of nitriles is 1. The zero-order valence-corrected chi connectivity index (χ0v) is 15.6. The maximum Gasteiger partial charge on any atom is 0.258 e. The SMILES string of the molecule is CC1(C)Cc2nc(OCC(=O)NCCc3ccccc3)c(C#N)cc2CO1. The fourth-order valence-corrected chi connectivity index (χ4v) is 2.95. The first-order valence-electron chi connectivity index (χ1n) is 8.97. The molecule has 2 heterocycles. The minimum atomic E-state index is -0.305. The summed E-state index contributed by atoms with van der Waals surface area (Å²) >= 11 is 0. The quantitative estimate of drug-likeness (QED) is 0.850. The Hall–Kier alpha value is -2.91. The van der Waals surface area contributed by atoms with Crippen LogP contribution in [0.5, 0.6) is 5.88 Å². The van der Waals surface area contributed by atoms with Gasteiger partial charge in [0.2, 0.25) is 5.88 Å². The van der Waals surface area contributed by atoms with Gasteiger partial charge < -0.3 is 14.8 Å². The van der Waals surface area contributed by atoms with Gasteiger partial charge in [-0.1, -0.05) is 30.3 Å². The van der Waals surface area contributed by atoms with Crippen molar-refractivity contribution < 1.29 is 14.3 Å². The third-order valence-electron chi connectivity index (χ3n) is 4.41. The standard InChI is InChI=1S/C21H23N3O3/c1-21(2)11-18-17(13-27-21)10-16(12-22)20(24-18)26-14-19(25)23-9-8-15-6-4-3-5-7-15/h3-7,10H,8-9,11,13-14H2,1-2H3,(H,23,25). The Labute approximate surface area is 159 Å². The smallest absolute Gasteiger partial charge is 0.258 e. The Morgan fingerprint density at radius 1 is 1.37 bits per heavy atom. The Morgan fingerprint density at radius 2 is 2.15 bits per heavy atom. The predicted octanol–water partition coefficient (Wildman–Crippen LogP) is 2.54. The van der Waals surface area contributed by atoms with Gasteiger partial charge in [0.15, 0.2) is 6.61 Å². The molecule has 6 nitrogen and oxygen atoms in total. The van der Waals surface area contributed by atoms with Crippen molar-refractivity contribution in [3.8, 4) is 11.9 Å². The highest BCUT2D eigenvalue weighted by Gasteiger charge is 2.28. The van der Waals surface area contributed by atoms with Crippen LogP contribution in [0.15, 0.2) is 36.4 Å². The van der Waals surface area contributed by atoms with E-state index in [9.17, 15) is 10.1 Å². The van der Waals surface area contributed by atoms with Gasteiger partial charge in [-0.25, -0.2) is 4.98 Å². The van der Waals surface area contributed by atoms with Gasteiger partial charge >= 0.3 is 0 Å². The Bertz CT molecular complexity index is 857. The van der Waals surface area contributed by atoms with Crippen molar-refractivity contribution in [2.75, 3.05) is 13.2 Å². The molecule has 0 aliphatic carbocycles. The van der Waals surface area contributed by atoms with Crippen molar-refractivity contribution in [1.29, 1.82) is 5.26 Å². The van der Waals surface area contributed by atoms with Crippen LogP contribution in [0.2, 0.25) is 0 Å². The minimum Gasteiger partial charge on any atom is -0.467 e. The maximum atomic E-state index is 12.0. The van der Waals surface area contributed by atoms with Gasteiger partial charge in [0.05, 0.1) is 17.9 Å². The molecule has 0 unspecified atom stereocenters. The average molecular weight is 365 g/mol. The van der Waals surface area contributed by atoms with Crippen molar-refractivity contribution in [3.05, 3.63) is 58.8 Å². The number of carbonyl (C=O) groups is 1. The van der Waals surface area contributed by atoms with Gasteiger partial charge in [-0.3, -0.25) is 4.79 Å². The summed E-state index contributed by atoms with van der Waals surface area (Å²) in [4.78, 5) is 16.5. The Balaban J connectivity index is 1.57. The highest BCUT2D eigenvalue weighted by Crippen LogP contribution is 2.29. The molecule has 0 spiro atoms. The van der Waals surface area contributed by atoms with E-state index in [1.165, 1.54) is 0 Å². The first kappa shape index (κ1) is 18.9. The fraction of sp³-hybridized carbons (Fsp3) is 0.381. The molecule has 27 heavy (non-hydrogen) atoms. The molecule has 0 bridgehead atoms. The van der Waals surface area contributed by atoms with Crippen LogP contribution in [-0.4, -0.2) is 29.6 Å². The second-order valence-corrected chi connectivity index (χ2v) is 7.16. The normalized spacial score (nSPS) is 14.7. The third kappa shape index (κ3) is 5.05. The lowest BCUT2D eigenvalue weighted by Crippen LogP contribution is -2.33. The summed E-state index contributed by atoms with van der Waals surface area (Å²) in [5.41, 5.74) is 2.91. The summed E-state index contributed by atoms with van der Waals surface area (Å²) < 4.78 is 11.3. The molecule has 0 saturated heterocycles. The number of rotatable bonds is 6. The summed E-state index contributed by atoms with van der Waals surface area (Å²) in [7, 11) is 0. The van der Waals surface area contributed by atoms with Gasteiger partial charge in [0, 0.05) is 18.5 Å². The number of carbonyl (C=O) groups excluding carboxylic acids is 1. The molecule has 1 aliphatic rings. The largest absolute Gasteiger partial charge is 0.467 e. The van der Waals surface area contributed by atoms with E-state index < -0.39 is 0 Å². The number of fused-ring (bicyclic) bond motifs is 1. The molecule has 0 saturated carbocycles. The number of aromatic nitrogens is 1. The van der Waals surface area contributed by atoms with Gasteiger partial charge in [-0.15, -0.1) is 0 Å². The van der Waals surface area contributed by atoms with E-state index in [4.69, 9.17) is 9.47 Å². The molecule has 1 aromatic carbocycles. The zero-order chi connectivity index (χ0) is 19.3. The summed E-state index contributed by atoms with van der Waals surface area (Å²) in [6.45, 7) is 4.77. The lowest BCUT2D eigenvalue weighted by molar-refractivity contribution is -0.123. The lowest BCUT2D eigenvalue weighted by atomic mass is 9.95. The summed E-state index contributed by atoms with van der Waals surface area (Å²) in [5.74, 6) is -0.0369. The molecule has 0 fully saturated rings. The highest BCUT2D eigenvalue weighted by atomic mass is 16.5. The van der Waals surface area contributed by atoms with E-state index in [0.29, 0.717) is 25.1 Å². The van der Waals surface area contributed by atoms with Crippen molar-refractivity contribution >= 4 is 5.91 Å². The number of nitrogens with zero attached hydrogens (tertiary/aromatic N) is 2. The van der Waals surface area contributed by atoms with Crippen molar-refractivity contribution in [3.63, 3.8) is 0 Å². The molecule has 6 heteroatoms. The van der Waals surface area contributed by atoms with E-state index in [1.807, 2.05) is 44.2 Å². The monoisotopic (exact) mass is 365 g/mol. The third-order valence-corrected chi connectivity index (χ3v) is 4.41. The van der Waals surface area contributed by atoms with Gasteiger partial charge in [0.25, 0.3) is 5.91 Å². The molecule has 0 atom stereocenters. The summed E-state index contributed by atoms with van der Waals surface area (Å²) in [6.07, 6.45) is 1.38. The van der Waals surface area contributed by atoms with Crippen LogP contribution in [0, 0.1) is 11.3 Å². The van der Waals surface area contributed by atoms with E-state index in [0.717, 1.165) is 23.2 Å². The number of hydrogen-bond acceptors (Lipinski definition) is 5. The molecule has 2 aromatic rings. The van der Waals surface area contributed by atoms with Crippen LogP contribution in [-0.2, 0) is 29.0 Å². The van der Waals surface area contributed by atoms with Crippen LogP contribution in [0.25, 0.3) is 0 Å². The molecular weight excluding hydrogens is 342 g/mol. The Morgan fingerprint density at radius 3 is 2.89 bits per heavy atom. The van der Waals surface area contributed by atoms with Crippen LogP contribution in [0.4, 0.5) is 0 Å². The number of ether oxygens (including phenoxy) is 2. The average Bonchev–Trinajstić information content (AvgIpc) is 2.66. The number of amides is 1. The topological polar surface area (TPSA) is 84.2 Å². The van der Waals surface area contributed by atoms with Gasteiger partial charge in [-0.05, 0) is 31.9 Å². The number of benzene rings is 1. The fourth-order valence-electron chi connectivity index (χ4n) is 2.95. The number of pyridine rings is 1. The zero-order valence-electron chi connectivity index (χ0n) is 15.6. The summed E-state index contributed by atoms with van der Waals surface area (Å²) in [5, 5.41) is 12.2. The molecule has 1 aliphatic heterocycles. The van der Waals surface area contributed by atoms with Crippen LogP contribution in [0.3, 0.4) is 0 Å². The number of nitrogens with one attached hydrogen (secondary N) is 1. The van der Waals surface area contributed by atoms with E-state index in [2.05, 4.69) is 16.4 Å². The number of hydrogen-bond donors (Lipinski definition) is 1. The molecule has 140 valence electrons. The first-order chi connectivity index (χ1) is 13.0. The summed E-state index contributed by atoms with van der Waals surface area (Å²) in [6, 6.07) is 13.8. The predicted molar refractivity (Wildman–Crippen MR) is 100 cm³/mol.